The van der Waals surface area contributed by atoms with Gasteiger partial charge in [0.2, 0.25) is 23.6 Å². The number of aliphatic hydroxyl groups excluding tert-OH is 1. The Bertz CT molecular complexity index is 586. The van der Waals surface area contributed by atoms with E-state index in [2.05, 4.69) is 10.6 Å². The van der Waals surface area contributed by atoms with Gasteiger partial charge in [-0.2, -0.15) is 0 Å². The molecule has 0 heterocycles. The van der Waals surface area contributed by atoms with Gasteiger partial charge < -0.3 is 43.4 Å². The van der Waals surface area contributed by atoms with Crippen molar-refractivity contribution in [3.8, 4) is 0 Å². The third kappa shape index (κ3) is 11.6. The summed E-state index contributed by atoms with van der Waals surface area (Å²) < 4.78 is 0. The number of carbonyl (C=O) groups is 5. The van der Waals surface area contributed by atoms with E-state index >= 15 is 0 Å². The fraction of sp³-hybridized carbons (Fsp3) is 0.688. The van der Waals surface area contributed by atoms with E-state index in [-0.39, 0.29) is 12.8 Å². The van der Waals surface area contributed by atoms with E-state index in [1.54, 1.807) is 0 Å². The molecule has 0 radical (unpaired) electrons. The summed E-state index contributed by atoms with van der Waals surface area (Å²) in [5.41, 5.74) is 16.1. The standard InChI is InChI=1S/C16H30N6O7/c17-6-2-1-3-9(18)14(26)20-7-13(25)21-10(4-5-12(19)24)15(27)22-11(8-23)16(28)29/h9-11,23H,1-8,17-18H2,(H2,19,24)(H,20,26)(H,21,25)(H,22,27)(H,28,29). The summed E-state index contributed by atoms with van der Waals surface area (Å²) in [5, 5.41) is 24.5. The van der Waals surface area contributed by atoms with E-state index in [1.807, 2.05) is 5.32 Å². The van der Waals surface area contributed by atoms with Crippen LogP contribution in [-0.2, 0) is 24.0 Å². The fourth-order valence-corrected chi connectivity index (χ4v) is 2.20. The van der Waals surface area contributed by atoms with Crippen molar-refractivity contribution in [2.75, 3.05) is 19.7 Å². The normalized spacial score (nSPS) is 13.6. The first-order valence-electron chi connectivity index (χ1n) is 9.07. The first kappa shape index (κ1) is 26.2. The average molecular weight is 418 g/mol. The van der Waals surface area contributed by atoms with E-state index in [1.165, 1.54) is 0 Å². The first-order valence-corrected chi connectivity index (χ1v) is 9.07. The Morgan fingerprint density at radius 1 is 0.931 bits per heavy atom. The molecule has 0 saturated carbocycles. The van der Waals surface area contributed by atoms with Gasteiger partial charge in [-0.15, -0.1) is 0 Å². The second-order valence-electron chi connectivity index (χ2n) is 6.32. The molecule has 0 aromatic heterocycles. The van der Waals surface area contributed by atoms with Crippen molar-refractivity contribution in [3.63, 3.8) is 0 Å². The summed E-state index contributed by atoms with van der Waals surface area (Å²) in [6.07, 6.45) is 1.31. The second kappa shape index (κ2) is 14.3. The highest BCUT2D eigenvalue weighted by Gasteiger charge is 2.26. The molecule has 0 aliphatic rings. The summed E-state index contributed by atoms with van der Waals surface area (Å²) >= 11 is 0. The summed E-state index contributed by atoms with van der Waals surface area (Å²) in [7, 11) is 0. The van der Waals surface area contributed by atoms with Gasteiger partial charge in [-0.3, -0.25) is 19.2 Å². The number of rotatable bonds is 15. The van der Waals surface area contributed by atoms with Gasteiger partial charge in [-0.25, -0.2) is 4.79 Å². The van der Waals surface area contributed by atoms with Crippen molar-refractivity contribution in [2.24, 2.45) is 17.2 Å². The van der Waals surface area contributed by atoms with Gasteiger partial charge in [0.1, 0.15) is 12.1 Å². The van der Waals surface area contributed by atoms with Crippen molar-refractivity contribution in [1.82, 2.24) is 16.0 Å². The molecule has 0 fully saturated rings. The molecule has 0 bridgehead atoms. The molecule has 0 spiro atoms. The lowest BCUT2D eigenvalue weighted by Crippen LogP contribution is -2.54. The van der Waals surface area contributed by atoms with Crippen molar-refractivity contribution < 1.29 is 34.2 Å². The molecule has 11 N–H and O–H groups in total. The highest BCUT2D eigenvalue weighted by Crippen LogP contribution is 2.00. The van der Waals surface area contributed by atoms with Crippen molar-refractivity contribution >= 4 is 29.6 Å². The van der Waals surface area contributed by atoms with Crippen LogP contribution in [0.5, 0.6) is 0 Å². The van der Waals surface area contributed by atoms with Crippen LogP contribution in [0.15, 0.2) is 0 Å². The molecular weight excluding hydrogens is 388 g/mol. The number of carboxylic acids is 1. The zero-order valence-electron chi connectivity index (χ0n) is 16.1. The van der Waals surface area contributed by atoms with Crippen molar-refractivity contribution in [3.05, 3.63) is 0 Å². The molecule has 0 rings (SSSR count). The van der Waals surface area contributed by atoms with Crippen molar-refractivity contribution in [2.45, 2.75) is 50.2 Å². The van der Waals surface area contributed by atoms with Gasteiger partial charge in [0.25, 0.3) is 0 Å². The summed E-state index contributed by atoms with van der Waals surface area (Å²) in [5.74, 6) is -4.44. The van der Waals surface area contributed by atoms with Gasteiger partial charge in [0, 0.05) is 6.42 Å². The number of amides is 4. The summed E-state index contributed by atoms with van der Waals surface area (Å²) in [6.45, 7) is -0.869. The molecule has 0 aromatic carbocycles. The highest BCUT2D eigenvalue weighted by molar-refractivity contribution is 5.92. The van der Waals surface area contributed by atoms with Crippen LogP contribution in [0.4, 0.5) is 0 Å². The molecule has 3 atom stereocenters. The van der Waals surface area contributed by atoms with E-state index < -0.39 is 60.9 Å². The van der Waals surface area contributed by atoms with Gasteiger partial charge >= 0.3 is 5.97 Å². The molecule has 0 aliphatic carbocycles. The lowest BCUT2D eigenvalue weighted by Gasteiger charge is -2.20. The van der Waals surface area contributed by atoms with Crippen LogP contribution < -0.4 is 33.2 Å². The molecule has 13 nitrogen and oxygen atoms in total. The molecule has 29 heavy (non-hydrogen) atoms. The minimum atomic E-state index is -1.58. The van der Waals surface area contributed by atoms with Crippen LogP contribution in [-0.4, -0.2) is 77.6 Å². The van der Waals surface area contributed by atoms with Gasteiger partial charge in [-0.05, 0) is 25.8 Å². The molecule has 3 unspecified atom stereocenters. The third-order valence-corrected chi connectivity index (χ3v) is 3.86. The Hall–Kier alpha value is -2.77. The van der Waals surface area contributed by atoms with Gasteiger partial charge in [0.05, 0.1) is 19.2 Å². The largest absolute Gasteiger partial charge is 0.480 e. The Balaban J connectivity index is 4.74. The molecule has 0 saturated heterocycles. The fourth-order valence-electron chi connectivity index (χ4n) is 2.20. The molecular formula is C16H30N6O7. The number of aliphatic hydroxyl groups is 1. The highest BCUT2D eigenvalue weighted by atomic mass is 16.4. The van der Waals surface area contributed by atoms with Crippen LogP contribution in [0.1, 0.15) is 32.1 Å². The number of nitrogens with two attached hydrogens (primary N) is 3. The Kier molecular flexibility index (Phi) is 12.9. The maximum atomic E-state index is 12.2. The van der Waals surface area contributed by atoms with Crippen LogP contribution >= 0.6 is 0 Å². The minimum Gasteiger partial charge on any atom is -0.480 e. The number of primary amides is 1. The van der Waals surface area contributed by atoms with E-state index in [0.29, 0.717) is 25.8 Å². The third-order valence-electron chi connectivity index (χ3n) is 3.86. The lowest BCUT2D eigenvalue weighted by molar-refractivity contribution is -0.143. The predicted octanol–water partition coefficient (Wildman–Crippen LogP) is -4.13. The van der Waals surface area contributed by atoms with E-state index in [4.69, 9.17) is 27.4 Å². The topological polar surface area (TPSA) is 240 Å². The maximum absolute atomic E-state index is 12.2. The number of aliphatic carboxylic acids is 1. The lowest BCUT2D eigenvalue weighted by atomic mass is 10.1. The van der Waals surface area contributed by atoms with Gasteiger partial charge in [0.15, 0.2) is 0 Å². The minimum absolute atomic E-state index is 0.197. The predicted molar refractivity (Wildman–Crippen MR) is 101 cm³/mol. The Labute approximate surface area is 167 Å². The van der Waals surface area contributed by atoms with Crippen LogP contribution in [0.25, 0.3) is 0 Å². The number of hydrogen-bond donors (Lipinski definition) is 8. The van der Waals surface area contributed by atoms with Gasteiger partial charge in [-0.1, -0.05) is 6.42 Å². The van der Waals surface area contributed by atoms with Crippen LogP contribution in [0.2, 0.25) is 0 Å². The van der Waals surface area contributed by atoms with E-state index in [0.717, 1.165) is 0 Å². The summed E-state index contributed by atoms with van der Waals surface area (Å²) in [6, 6.07) is -3.69. The average Bonchev–Trinajstić information content (AvgIpc) is 2.66. The van der Waals surface area contributed by atoms with Crippen molar-refractivity contribution in [1.29, 1.82) is 0 Å². The van der Waals surface area contributed by atoms with Crippen LogP contribution in [0.3, 0.4) is 0 Å². The number of unbranched alkanes of at least 4 members (excludes halogenated alkanes) is 1. The maximum Gasteiger partial charge on any atom is 0.328 e. The number of hydrogen-bond acceptors (Lipinski definition) is 8. The SMILES string of the molecule is NCCCCC(N)C(=O)NCC(=O)NC(CCC(N)=O)C(=O)NC(CO)C(=O)O. The molecule has 0 aliphatic heterocycles. The number of carboxylic acid groups (broad SMARTS) is 1. The summed E-state index contributed by atoms with van der Waals surface area (Å²) in [4.78, 5) is 57.9. The van der Waals surface area contributed by atoms with Crippen LogP contribution in [0, 0.1) is 0 Å². The number of carbonyl (C=O) groups excluding carboxylic acids is 4. The molecule has 4 amide bonds. The zero-order valence-corrected chi connectivity index (χ0v) is 16.1. The monoisotopic (exact) mass is 418 g/mol. The first-order chi connectivity index (χ1) is 13.6. The quantitative estimate of drug-likeness (QED) is 0.120. The molecule has 166 valence electrons. The smallest absolute Gasteiger partial charge is 0.328 e. The van der Waals surface area contributed by atoms with E-state index in [9.17, 15) is 24.0 Å². The molecule has 0 aromatic rings. The Morgan fingerprint density at radius 3 is 2.10 bits per heavy atom. The zero-order chi connectivity index (χ0) is 22.4. The second-order valence-corrected chi connectivity index (χ2v) is 6.32. The number of nitrogens with one attached hydrogen (secondary N) is 3. The Morgan fingerprint density at radius 2 is 1.59 bits per heavy atom. The molecule has 13 heteroatoms.